The van der Waals surface area contributed by atoms with Crippen LogP contribution in [0.1, 0.15) is 46.4 Å². The van der Waals surface area contributed by atoms with E-state index in [1.54, 1.807) is 28.9 Å². The zero-order chi connectivity index (χ0) is 18.1. The summed E-state index contributed by atoms with van der Waals surface area (Å²) in [6.45, 7) is 5.74. The van der Waals surface area contributed by atoms with Crippen molar-refractivity contribution in [2.24, 2.45) is 0 Å². The molecule has 0 spiro atoms. The van der Waals surface area contributed by atoms with Crippen LogP contribution in [0.2, 0.25) is 0 Å². The average Bonchev–Trinajstić information content (AvgIpc) is 3.33. The minimum absolute atomic E-state index is 0.375. The van der Waals surface area contributed by atoms with Crippen molar-refractivity contribution in [3.63, 3.8) is 0 Å². The number of nitrogens with zero attached hydrogens (tertiary/aromatic N) is 7. The molecule has 1 fully saturated rings. The molecule has 0 aromatic carbocycles. The lowest BCUT2D eigenvalue weighted by atomic mass is 10.3. The summed E-state index contributed by atoms with van der Waals surface area (Å²) in [6.07, 6.45) is 8.29. The zero-order valence-corrected chi connectivity index (χ0v) is 14.8. The molecular weight excluding hydrogens is 330 g/mol. The Morgan fingerprint density at radius 1 is 1.04 bits per heavy atom. The fourth-order valence-corrected chi connectivity index (χ4v) is 3.05. The van der Waals surface area contributed by atoms with E-state index in [9.17, 15) is 4.79 Å². The second-order valence-corrected chi connectivity index (χ2v) is 6.34. The molecule has 0 radical (unpaired) electrons. The number of carbonyl (C=O) groups excluding carboxylic acids is 1. The van der Waals surface area contributed by atoms with Crippen molar-refractivity contribution in [2.75, 3.05) is 18.0 Å². The fraction of sp³-hybridized carbons (Fsp3) is 0.333. The van der Waals surface area contributed by atoms with Gasteiger partial charge in [0.15, 0.2) is 23.6 Å². The number of anilines is 1. The predicted octanol–water partition coefficient (Wildman–Crippen LogP) is 2.11. The molecular formula is C18H19N7O. The number of aldehydes is 1. The van der Waals surface area contributed by atoms with Gasteiger partial charge in [-0.3, -0.25) is 9.78 Å². The second-order valence-electron chi connectivity index (χ2n) is 6.34. The Morgan fingerprint density at radius 3 is 2.54 bits per heavy atom. The molecule has 1 aliphatic rings. The van der Waals surface area contributed by atoms with Crippen molar-refractivity contribution in [1.29, 1.82) is 0 Å². The number of aromatic nitrogens is 6. The summed E-state index contributed by atoms with van der Waals surface area (Å²) in [7, 11) is 0. The van der Waals surface area contributed by atoms with Crippen molar-refractivity contribution < 1.29 is 4.79 Å². The van der Waals surface area contributed by atoms with Crippen LogP contribution in [0.5, 0.6) is 0 Å². The number of hydrogen-bond acceptors (Lipinski definition) is 7. The Hall–Kier alpha value is -3.16. The summed E-state index contributed by atoms with van der Waals surface area (Å²) >= 11 is 0. The van der Waals surface area contributed by atoms with Gasteiger partial charge >= 0.3 is 0 Å². The molecule has 132 valence electrons. The Labute approximate surface area is 150 Å². The summed E-state index contributed by atoms with van der Waals surface area (Å²) < 4.78 is 1.76. The highest BCUT2D eigenvalue weighted by Gasteiger charge is 2.15. The minimum Gasteiger partial charge on any atom is -0.356 e. The Balaban J connectivity index is 1.68. The van der Waals surface area contributed by atoms with Crippen LogP contribution in [0, 0.1) is 13.8 Å². The molecule has 0 unspecified atom stereocenters. The maximum atomic E-state index is 11.2. The molecule has 0 N–H and O–H groups in total. The quantitative estimate of drug-likeness (QED) is 0.666. The first-order valence-corrected chi connectivity index (χ1v) is 8.60. The number of rotatable bonds is 4. The molecule has 1 saturated heterocycles. The lowest BCUT2D eigenvalue weighted by Gasteiger charge is -2.16. The summed E-state index contributed by atoms with van der Waals surface area (Å²) in [5.74, 6) is 1.81. The van der Waals surface area contributed by atoms with E-state index in [4.69, 9.17) is 0 Å². The van der Waals surface area contributed by atoms with E-state index in [2.05, 4.69) is 29.9 Å². The molecule has 0 aliphatic carbocycles. The van der Waals surface area contributed by atoms with Crippen LogP contribution in [0.3, 0.4) is 0 Å². The first-order valence-electron chi connectivity index (χ1n) is 8.60. The van der Waals surface area contributed by atoms with Gasteiger partial charge in [-0.15, -0.1) is 5.10 Å². The molecule has 0 amide bonds. The predicted molar refractivity (Wildman–Crippen MR) is 98.1 cm³/mol. The summed E-state index contributed by atoms with van der Waals surface area (Å²) in [6, 6.07) is 1.73. The Morgan fingerprint density at radius 2 is 1.81 bits per heavy atom. The van der Waals surface area contributed by atoms with Gasteiger partial charge in [0, 0.05) is 25.4 Å². The highest BCUT2D eigenvalue weighted by molar-refractivity contribution is 5.75. The van der Waals surface area contributed by atoms with Crippen LogP contribution in [-0.2, 0) is 0 Å². The number of fused-ring (bicyclic) bond motifs is 1. The molecule has 0 saturated carbocycles. The lowest BCUT2D eigenvalue weighted by Crippen LogP contribution is -2.20. The van der Waals surface area contributed by atoms with Crippen LogP contribution in [0.4, 0.5) is 5.82 Å². The standard InChI is InChI=1S/C18H19N7O/c1-12-10-19-13(2)18-22-16(23-25(12)18)6-5-15-20-14(11-26)9-17(21-15)24-7-3-4-8-24/h5-6,9-11H,3-4,7-8H2,1-2H3/b6-5-. The van der Waals surface area contributed by atoms with E-state index in [1.807, 2.05) is 13.8 Å². The maximum Gasteiger partial charge on any atom is 0.177 e. The summed E-state index contributed by atoms with van der Waals surface area (Å²) in [5, 5.41) is 4.47. The summed E-state index contributed by atoms with van der Waals surface area (Å²) in [4.78, 5) is 31.0. The molecule has 3 aromatic rings. The van der Waals surface area contributed by atoms with Gasteiger partial charge in [0.05, 0.1) is 11.4 Å². The Bertz CT molecular complexity index is 963. The third-order valence-electron chi connectivity index (χ3n) is 4.41. The van der Waals surface area contributed by atoms with Gasteiger partial charge in [0.1, 0.15) is 11.5 Å². The number of aryl methyl sites for hydroxylation is 2. The Kier molecular flexibility index (Phi) is 4.16. The zero-order valence-electron chi connectivity index (χ0n) is 14.8. The van der Waals surface area contributed by atoms with E-state index in [1.165, 1.54) is 0 Å². The molecule has 26 heavy (non-hydrogen) atoms. The molecule has 3 aromatic heterocycles. The van der Waals surface area contributed by atoms with Crippen LogP contribution in [0.15, 0.2) is 12.3 Å². The molecule has 4 rings (SSSR count). The molecule has 1 aliphatic heterocycles. The maximum absolute atomic E-state index is 11.2. The van der Waals surface area contributed by atoms with Gasteiger partial charge in [0.25, 0.3) is 0 Å². The molecule has 0 bridgehead atoms. The second kappa shape index (κ2) is 6.62. The van der Waals surface area contributed by atoms with E-state index in [0.29, 0.717) is 17.3 Å². The van der Waals surface area contributed by atoms with E-state index < -0.39 is 0 Å². The largest absolute Gasteiger partial charge is 0.356 e. The van der Waals surface area contributed by atoms with Crippen molar-refractivity contribution in [3.8, 4) is 0 Å². The highest BCUT2D eigenvalue weighted by Crippen LogP contribution is 2.19. The first kappa shape index (κ1) is 16.3. The molecule has 8 nitrogen and oxygen atoms in total. The van der Waals surface area contributed by atoms with Crippen molar-refractivity contribution in [1.82, 2.24) is 29.5 Å². The third kappa shape index (κ3) is 3.05. The first-order chi connectivity index (χ1) is 12.6. The van der Waals surface area contributed by atoms with Crippen molar-refractivity contribution >= 4 is 29.9 Å². The normalized spacial score (nSPS) is 14.6. The average molecular weight is 349 g/mol. The lowest BCUT2D eigenvalue weighted by molar-refractivity contribution is 0.111. The van der Waals surface area contributed by atoms with Crippen LogP contribution in [-0.4, -0.2) is 48.9 Å². The fourth-order valence-electron chi connectivity index (χ4n) is 3.05. The van der Waals surface area contributed by atoms with E-state index >= 15 is 0 Å². The molecule has 8 heteroatoms. The smallest absolute Gasteiger partial charge is 0.177 e. The van der Waals surface area contributed by atoms with Gasteiger partial charge in [-0.2, -0.15) is 0 Å². The number of carbonyl (C=O) groups is 1. The SMILES string of the molecule is Cc1ncc(C)n2nc(/C=C\c3nc(C=O)cc(N4CCCC4)n3)nc12. The minimum atomic E-state index is 0.375. The monoisotopic (exact) mass is 349 g/mol. The van der Waals surface area contributed by atoms with Crippen molar-refractivity contribution in [3.05, 3.63) is 41.0 Å². The van der Waals surface area contributed by atoms with Gasteiger partial charge in [-0.1, -0.05) is 0 Å². The molecule has 4 heterocycles. The van der Waals surface area contributed by atoms with Crippen LogP contribution >= 0.6 is 0 Å². The van der Waals surface area contributed by atoms with Crippen LogP contribution in [0.25, 0.3) is 17.8 Å². The van der Waals surface area contributed by atoms with Crippen LogP contribution < -0.4 is 4.90 Å². The van der Waals surface area contributed by atoms with Gasteiger partial charge in [0.2, 0.25) is 0 Å². The van der Waals surface area contributed by atoms with Gasteiger partial charge < -0.3 is 4.90 Å². The highest BCUT2D eigenvalue weighted by atomic mass is 16.1. The van der Waals surface area contributed by atoms with Gasteiger partial charge in [-0.05, 0) is 38.8 Å². The third-order valence-corrected chi connectivity index (χ3v) is 4.41. The van der Waals surface area contributed by atoms with Crippen molar-refractivity contribution in [2.45, 2.75) is 26.7 Å². The summed E-state index contributed by atoms with van der Waals surface area (Å²) in [5.41, 5.74) is 2.83. The number of hydrogen-bond donors (Lipinski definition) is 0. The van der Waals surface area contributed by atoms with E-state index in [-0.39, 0.29) is 0 Å². The van der Waals surface area contributed by atoms with E-state index in [0.717, 1.165) is 55.1 Å². The van der Waals surface area contributed by atoms with Gasteiger partial charge in [-0.25, -0.2) is 19.5 Å². The topological polar surface area (TPSA) is 89.2 Å². The molecule has 0 atom stereocenters.